The molecule has 4 nitrogen and oxygen atoms in total. The van der Waals surface area contributed by atoms with Gasteiger partial charge in [0.15, 0.2) is 5.78 Å². The Morgan fingerprint density at radius 2 is 1.89 bits per heavy atom. The zero-order chi connectivity index (χ0) is 20.3. The topological polar surface area (TPSA) is 43.8 Å². The minimum Gasteiger partial charge on any atom is -0.380 e. The van der Waals surface area contributed by atoms with Gasteiger partial charge in [-0.2, -0.15) is 0 Å². The summed E-state index contributed by atoms with van der Waals surface area (Å²) in [5.41, 5.74) is 2.96. The van der Waals surface area contributed by atoms with E-state index in [4.69, 9.17) is 11.6 Å². The number of carbonyl (C=O) groups is 1. The van der Waals surface area contributed by atoms with Crippen LogP contribution in [0.5, 0.6) is 0 Å². The van der Waals surface area contributed by atoms with E-state index in [1.165, 1.54) is 0 Å². The highest BCUT2D eigenvalue weighted by Crippen LogP contribution is 2.33. The molecule has 0 aromatic heterocycles. The van der Waals surface area contributed by atoms with Crippen molar-refractivity contribution in [3.8, 4) is 0 Å². The van der Waals surface area contributed by atoms with Crippen molar-refractivity contribution >= 4 is 23.1 Å². The van der Waals surface area contributed by atoms with Gasteiger partial charge < -0.3 is 14.9 Å². The summed E-state index contributed by atoms with van der Waals surface area (Å²) in [6, 6.07) is 13.1. The largest absolute Gasteiger partial charge is 0.380 e. The average Bonchev–Trinajstić information content (AvgIpc) is 2.71. The van der Waals surface area contributed by atoms with Crippen LogP contribution < -0.4 is 4.90 Å². The lowest BCUT2D eigenvalue weighted by molar-refractivity contribution is 0.0747. The van der Waals surface area contributed by atoms with E-state index in [1.54, 1.807) is 18.2 Å². The first-order valence-corrected chi connectivity index (χ1v) is 10.3. The highest BCUT2D eigenvalue weighted by molar-refractivity contribution is 6.31. The summed E-state index contributed by atoms with van der Waals surface area (Å²) in [6.07, 6.45) is 0.989. The van der Waals surface area contributed by atoms with E-state index in [1.807, 2.05) is 31.2 Å². The van der Waals surface area contributed by atoms with Crippen molar-refractivity contribution in [1.29, 1.82) is 0 Å². The fourth-order valence-electron chi connectivity index (χ4n) is 4.08. The molecule has 2 aromatic carbocycles. The molecule has 1 aliphatic rings. The number of benzene rings is 2. The zero-order valence-electron chi connectivity index (χ0n) is 16.9. The first kappa shape index (κ1) is 20.8. The second kappa shape index (κ2) is 9.08. The van der Waals surface area contributed by atoms with Crippen LogP contribution in [-0.2, 0) is 0 Å². The van der Waals surface area contributed by atoms with Crippen LogP contribution in [0.1, 0.15) is 47.4 Å². The molecule has 28 heavy (non-hydrogen) atoms. The van der Waals surface area contributed by atoms with Gasteiger partial charge in [0.2, 0.25) is 0 Å². The maximum absolute atomic E-state index is 13.1. The van der Waals surface area contributed by atoms with E-state index < -0.39 is 6.10 Å². The Morgan fingerprint density at radius 1 is 1.25 bits per heavy atom. The quantitative estimate of drug-likeness (QED) is 0.726. The first-order valence-electron chi connectivity index (χ1n) is 9.95. The fourth-order valence-corrected chi connectivity index (χ4v) is 4.30. The maximum Gasteiger partial charge on any atom is 0.196 e. The Hall–Kier alpha value is -1.88. The number of piperidine rings is 1. The predicted molar refractivity (Wildman–Crippen MR) is 115 cm³/mol. The smallest absolute Gasteiger partial charge is 0.196 e. The van der Waals surface area contributed by atoms with Crippen LogP contribution in [0.2, 0.25) is 5.02 Å². The van der Waals surface area contributed by atoms with Crippen LogP contribution >= 0.6 is 11.6 Å². The Balaban J connectivity index is 1.94. The standard InChI is InChI=1S/C23H29ClN2O2/c1-4-26(19-10-12-25(3)13-11-19)21-15-18(24)14-20(16(21)2)23(28)22(27)17-8-6-5-7-9-17/h5-9,14-15,19,22,27H,4,10-13H2,1-3H3. The van der Waals surface area contributed by atoms with Crippen LogP contribution in [0, 0.1) is 6.92 Å². The number of halogens is 1. The summed E-state index contributed by atoms with van der Waals surface area (Å²) in [5, 5.41) is 11.1. The number of nitrogens with zero attached hydrogens (tertiary/aromatic N) is 2. The number of likely N-dealkylation sites (tertiary alicyclic amines) is 1. The van der Waals surface area contributed by atoms with E-state index in [0.717, 1.165) is 43.7 Å². The second-order valence-electron chi connectivity index (χ2n) is 7.60. The molecule has 0 aliphatic carbocycles. The molecule has 1 aliphatic heterocycles. The number of aliphatic hydroxyl groups is 1. The number of hydrogen-bond donors (Lipinski definition) is 1. The molecule has 150 valence electrons. The molecule has 1 unspecified atom stereocenters. The molecule has 0 saturated carbocycles. The van der Waals surface area contributed by atoms with E-state index >= 15 is 0 Å². The molecule has 1 heterocycles. The van der Waals surface area contributed by atoms with Gasteiger partial charge in [0.25, 0.3) is 0 Å². The van der Waals surface area contributed by atoms with Gasteiger partial charge in [-0.05, 0) is 70.1 Å². The van der Waals surface area contributed by atoms with Crippen molar-refractivity contribution in [2.75, 3.05) is 31.6 Å². The van der Waals surface area contributed by atoms with Gasteiger partial charge in [-0.1, -0.05) is 41.9 Å². The minimum absolute atomic E-state index is 0.313. The summed E-state index contributed by atoms with van der Waals surface area (Å²) >= 11 is 6.41. The van der Waals surface area contributed by atoms with E-state index in [-0.39, 0.29) is 5.78 Å². The molecule has 3 rings (SSSR count). The Labute approximate surface area is 172 Å². The molecule has 1 saturated heterocycles. The Morgan fingerprint density at radius 3 is 2.50 bits per heavy atom. The number of anilines is 1. The number of rotatable bonds is 6. The summed E-state index contributed by atoms with van der Waals surface area (Å²) in [6.45, 7) is 7.08. The third-order valence-corrected chi connectivity index (χ3v) is 5.97. The second-order valence-corrected chi connectivity index (χ2v) is 8.03. The van der Waals surface area contributed by atoms with E-state index in [9.17, 15) is 9.90 Å². The molecule has 2 aromatic rings. The highest BCUT2D eigenvalue weighted by Gasteiger charge is 2.27. The number of aliphatic hydroxyl groups excluding tert-OH is 1. The van der Waals surface area contributed by atoms with Gasteiger partial charge in [-0.25, -0.2) is 0 Å². The third-order valence-electron chi connectivity index (χ3n) is 5.75. The normalized spacial score (nSPS) is 16.8. The lowest BCUT2D eigenvalue weighted by Crippen LogP contribution is -2.44. The molecule has 0 radical (unpaired) electrons. The highest BCUT2D eigenvalue weighted by atomic mass is 35.5. The Kier molecular flexibility index (Phi) is 6.76. The van der Waals surface area contributed by atoms with Crippen molar-refractivity contribution in [3.63, 3.8) is 0 Å². The lowest BCUT2D eigenvalue weighted by atomic mass is 9.94. The molecule has 0 amide bonds. The molecule has 1 N–H and O–H groups in total. The monoisotopic (exact) mass is 400 g/mol. The van der Waals surface area contributed by atoms with E-state index in [0.29, 0.717) is 22.2 Å². The van der Waals surface area contributed by atoms with Gasteiger partial charge in [-0.15, -0.1) is 0 Å². The van der Waals surface area contributed by atoms with Gasteiger partial charge in [-0.3, -0.25) is 4.79 Å². The van der Waals surface area contributed by atoms with Crippen molar-refractivity contribution in [2.45, 2.75) is 38.8 Å². The van der Waals surface area contributed by atoms with Crippen molar-refractivity contribution in [3.05, 3.63) is 64.2 Å². The third kappa shape index (κ3) is 4.40. The number of hydrogen-bond acceptors (Lipinski definition) is 4. The van der Waals surface area contributed by atoms with Gasteiger partial charge in [0.1, 0.15) is 6.10 Å². The van der Waals surface area contributed by atoms with Crippen LogP contribution in [0.25, 0.3) is 0 Å². The SMILES string of the molecule is CCN(c1cc(Cl)cc(C(=O)C(O)c2ccccc2)c1C)C1CCN(C)CC1. The fraction of sp³-hybridized carbons (Fsp3) is 0.435. The first-order chi connectivity index (χ1) is 13.4. The summed E-state index contributed by atoms with van der Waals surface area (Å²) in [4.78, 5) is 17.8. The van der Waals surface area contributed by atoms with Crippen LogP contribution in [0.3, 0.4) is 0 Å². The lowest BCUT2D eigenvalue weighted by Gasteiger charge is -2.39. The predicted octanol–water partition coefficient (Wildman–Crippen LogP) is 4.49. The minimum atomic E-state index is -1.19. The van der Waals surface area contributed by atoms with Crippen molar-refractivity contribution < 1.29 is 9.90 Å². The molecule has 5 heteroatoms. The van der Waals surface area contributed by atoms with Crippen molar-refractivity contribution in [2.24, 2.45) is 0 Å². The van der Waals surface area contributed by atoms with E-state index in [2.05, 4.69) is 23.8 Å². The zero-order valence-corrected chi connectivity index (χ0v) is 17.6. The number of ketones is 1. The Bertz CT molecular complexity index is 817. The van der Waals surface area contributed by atoms with Gasteiger partial charge in [0, 0.05) is 28.9 Å². The summed E-state index contributed by atoms with van der Waals surface area (Å²) in [5.74, 6) is -0.313. The molecular weight excluding hydrogens is 372 g/mol. The molecule has 1 fully saturated rings. The molecular formula is C23H29ClN2O2. The van der Waals surface area contributed by atoms with Crippen LogP contribution in [0.4, 0.5) is 5.69 Å². The molecule has 1 atom stereocenters. The average molecular weight is 401 g/mol. The van der Waals surface area contributed by atoms with Crippen LogP contribution in [-0.4, -0.2) is 48.5 Å². The van der Waals surface area contributed by atoms with Crippen LogP contribution in [0.15, 0.2) is 42.5 Å². The van der Waals surface area contributed by atoms with Crippen molar-refractivity contribution in [1.82, 2.24) is 4.90 Å². The summed E-state index contributed by atoms with van der Waals surface area (Å²) < 4.78 is 0. The van der Waals surface area contributed by atoms with Gasteiger partial charge >= 0.3 is 0 Å². The van der Waals surface area contributed by atoms with Gasteiger partial charge in [0.05, 0.1) is 0 Å². The number of Topliss-reactive ketones (excluding diaryl/α,β-unsaturated/α-hetero) is 1. The molecule has 0 spiro atoms. The number of carbonyl (C=O) groups excluding carboxylic acids is 1. The maximum atomic E-state index is 13.1. The molecule has 0 bridgehead atoms. The summed E-state index contributed by atoms with van der Waals surface area (Å²) in [7, 11) is 2.15.